The number of ether oxygens (including phenoxy) is 1. The third-order valence-corrected chi connectivity index (χ3v) is 3.55. The molecule has 1 saturated carbocycles. The Kier molecular flexibility index (Phi) is 4.89. The van der Waals surface area contributed by atoms with Crippen molar-refractivity contribution in [2.24, 2.45) is 5.41 Å². The lowest BCUT2D eigenvalue weighted by Gasteiger charge is -2.26. The fourth-order valence-electron chi connectivity index (χ4n) is 1.93. The summed E-state index contributed by atoms with van der Waals surface area (Å²) in [6.07, 6.45) is 8.16. The molecule has 0 amide bonds. The zero-order valence-electron chi connectivity index (χ0n) is 8.30. The highest BCUT2D eigenvalue weighted by Crippen LogP contribution is 2.39. The highest BCUT2D eigenvalue weighted by atomic mass is 32.1. The molecule has 0 unspecified atom stereocenters. The minimum absolute atomic E-state index is 0.393. The second-order valence-electron chi connectivity index (χ2n) is 4.00. The van der Waals surface area contributed by atoms with Crippen LogP contribution in [0.2, 0.25) is 0 Å². The van der Waals surface area contributed by atoms with Gasteiger partial charge in [-0.2, -0.15) is 12.6 Å². The summed E-state index contributed by atoms with van der Waals surface area (Å²) in [5, 5.41) is 0. The first-order valence-electron chi connectivity index (χ1n) is 5.12. The van der Waals surface area contributed by atoms with Crippen LogP contribution >= 0.6 is 12.6 Å². The fraction of sp³-hybridized carbons (Fsp3) is 0.818. The van der Waals surface area contributed by atoms with Crippen molar-refractivity contribution in [3.8, 4) is 0 Å². The Morgan fingerprint density at radius 3 is 2.62 bits per heavy atom. The van der Waals surface area contributed by atoms with Gasteiger partial charge >= 0.3 is 0 Å². The molecule has 0 N–H and O–H groups in total. The monoisotopic (exact) mass is 200 g/mol. The first-order chi connectivity index (χ1) is 6.33. The average molecular weight is 200 g/mol. The van der Waals surface area contributed by atoms with Crippen LogP contribution < -0.4 is 0 Å². The average Bonchev–Trinajstić information content (AvgIpc) is 2.62. The van der Waals surface area contributed by atoms with Crippen molar-refractivity contribution in [3.63, 3.8) is 0 Å². The molecule has 1 aliphatic rings. The molecule has 0 saturated heterocycles. The molecule has 0 aromatic rings. The van der Waals surface area contributed by atoms with E-state index in [0.29, 0.717) is 5.41 Å². The first-order valence-corrected chi connectivity index (χ1v) is 5.76. The second kappa shape index (κ2) is 5.71. The summed E-state index contributed by atoms with van der Waals surface area (Å²) in [5.74, 6) is 0.973. The zero-order chi connectivity index (χ0) is 9.57. The van der Waals surface area contributed by atoms with Gasteiger partial charge in [-0.25, -0.2) is 0 Å². The standard InChI is InChI=1S/C11H20OS/c1-2-3-8-12-9-11(10-13)6-4-5-7-11/h2,13H,1,3-10H2. The molecule has 0 bridgehead atoms. The van der Waals surface area contributed by atoms with Crippen LogP contribution in [0.4, 0.5) is 0 Å². The van der Waals surface area contributed by atoms with Crippen LogP contribution in [-0.2, 0) is 4.74 Å². The molecule has 13 heavy (non-hydrogen) atoms. The molecule has 1 nitrogen and oxygen atoms in total. The van der Waals surface area contributed by atoms with Crippen molar-refractivity contribution >= 4 is 12.6 Å². The quantitative estimate of drug-likeness (QED) is 0.394. The molecule has 0 atom stereocenters. The second-order valence-corrected chi connectivity index (χ2v) is 4.31. The van der Waals surface area contributed by atoms with Gasteiger partial charge in [0.15, 0.2) is 0 Å². The summed E-state index contributed by atoms with van der Waals surface area (Å²) in [7, 11) is 0. The maximum atomic E-state index is 5.63. The lowest BCUT2D eigenvalue weighted by molar-refractivity contribution is 0.0619. The van der Waals surface area contributed by atoms with Crippen LogP contribution in [-0.4, -0.2) is 19.0 Å². The van der Waals surface area contributed by atoms with E-state index in [0.717, 1.165) is 25.4 Å². The zero-order valence-corrected chi connectivity index (χ0v) is 9.19. The van der Waals surface area contributed by atoms with E-state index in [9.17, 15) is 0 Å². The molecule has 0 heterocycles. The van der Waals surface area contributed by atoms with Crippen molar-refractivity contribution < 1.29 is 4.74 Å². The SMILES string of the molecule is C=CCCOCC1(CS)CCCC1. The molecule has 0 radical (unpaired) electrons. The summed E-state index contributed by atoms with van der Waals surface area (Å²) >= 11 is 4.43. The van der Waals surface area contributed by atoms with E-state index >= 15 is 0 Å². The highest BCUT2D eigenvalue weighted by molar-refractivity contribution is 7.80. The highest BCUT2D eigenvalue weighted by Gasteiger charge is 2.32. The normalized spacial score (nSPS) is 20.4. The lowest BCUT2D eigenvalue weighted by Crippen LogP contribution is -2.25. The van der Waals surface area contributed by atoms with Crippen LogP contribution in [0.25, 0.3) is 0 Å². The Morgan fingerprint density at radius 1 is 1.38 bits per heavy atom. The van der Waals surface area contributed by atoms with E-state index in [1.807, 2.05) is 6.08 Å². The van der Waals surface area contributed by atoms with Gasteiger partial charge in [0.25, 0.3) is 0 Å². The Labute approximate surface area is 87.0 Å². The van der Waals surface area contributed by atoms with Gasteiger partial charge in [-0.05, 0) is 25.0 Å². The van der Waals surface area contributed by atoms with Gasteiger partial charge in [0.2, 0.25) is 0 Å². The van der Waals surface area contributed by atoms with E-state index in [1.54, 1.807) is 0 Å². The molecular formula is C11H20OS. The van der Waals surface area contributed by atoms with Crippen LogP contribution in [0, 0.1) is 5.41 Å². The van der Waals surface area contributed by atoms with Crippen molar-refractivity contribution in [2.45, 2.75) is 32.1 Å². The van der Waals surface area contributed by atoms with Crippen LogP contribution in [0.1, 0.15) is 32.1 Å². The predicted octanol–water partition coefficient (Wildman–Crippen LogP) is 3.07. The lowest BCUT2D eigenvalue weighted by atomic mass is 9.90. The van der Waals surface area contributed by atoms with Gasteiger partial charge in [-0.15, -0.1) is 6.58 Å². The third kappa shape index (κ3) is 3.35. The smallest absolute Gasteiger partial charge is 0.0530 e. The van der Waals surface area contributed by atoms with E-state index in [1.165, 1.54) is 25.7 Å². The van der Waals surface area contributed by atoms with E-state index in [4.69, 9.17) is 4.74 Å². The van der Waals surface area contributed by atoms with Crippen LogP contribution in [0.15, 0.2) is 12.7 Å². The summed E-state index contributed by atoms with van der Waals surface area (Å²) in [4.78, 5) is 0. The third-order valence-electron chi connectivity index (χ3n) is 2.87. The maximum Gasteiger partial charge on any atom is 0.0530 e. The molecule has 0 spiro atoms. The molecule has 1 aliphatic carbocycles. The molecule has 0 aliphatic heterocycles. The Balaban J connectivity index is 2.19. The number of thiol groups is 1. The maximum absolute atomic E-state index is 5.63. The van der Waals surface area contributed by atoms with Crippen molar-refractivity contribution in [3.05, 3.63) is 12.7 Å². The molecule has 0 aromatic heterocycles. The van der Waals surface area contributed by atoms with Gasteiger partial charge in [0.05, 0.1) is 13.2 Å². The first kappa shape index (κ1) is 11.1. The van der Waals surface area contributed by atoms with Crippen LogP contribution in [0.3, 0.4) is 0 Å². The van der Waals surface area contributed by atoms with Gasteiger partial charge in [-0.1, -0.05) is 18.9 Å². The van der Waals surface area contributed by atoms with Crippen molar-refractivity contribution in [2.75, 3.05) is 19.0 Å². The molecule has 0 aromatic carbocycles. The summed E-state index contributed by atoms with van der Waals surface area (Å²) in [6, 6.07) is 0. The molecular weight excluding hydrogens is 180 g/mol. The van der Waals surface area contributed by atoms with Crippen molar-refractivity contribution in [1.29, 1.82) is 0 Å². The minimum Gasteiger partial charge on any atom is -0.381 e. The topological polar surface area (TPSA) is 9.23 Å². The predicted molar refractivity (Wildman–Crippen MR) is 60.4 cm³/mol. The summed E-state index contributed by atoms with van der Waals surface area (Å²) in [5.41, 5.74) is 0.393. The van der Waals surface area contributed by atoms with E-state index < -0.39 is 0 Å². The Morgan fingerprint density at radius 2 is 2.08 bits per heavy atom. The van der Waals surface area contributed by atoms with Gasteiger partial charge in [0, 0.05) is 5.41 Å². The van der Waals surface area contributed by atoms with E-state index in [-0.39, 0.29) is 0 Å². The molecule has 2 heteroatoms. The van der Waals surface area contributed by atoms with Crippen molar-refractivity contribution in [1.82, 2.24) is 0 Å². The van der Waals surface area contributed by atoms with Gasteiger partial charge in [-0.3, -0.25) is 0 Å². The Bertz CT molecular complexity index is 150. The number of rotatable bonds is 6. The number of hydrogen-bond acceptors (Lipinski definition) is 2. The minimum atomic E-state index is 0.393. The fourth-order valence-corrected chi connectivity index (χ4v) is 2.34. The summed E-state index contributed by atoms with van der Waals surface area (Å²) < 4.78 is 5.63. The largest absolute Gasteiger partial charge is 0.381 e. The molecule has 76 valence electrons. The number of hydrogen-bond donors (Lipinski definition) is 1. The van der Waals surface area contributed by atoms with Gasteiger partial charge < -0.3 is 4.74 Å². The van der Waals surface area contributed by atoms with Crippen LogP contribution in [0.5, 0.6) is 0 Å². The van der Waals surface area contributed by atoms with E-state index in [2.05, 4.69) is 19.2 Å². The Hall–Kier alpha value is 0.0500. The van der Waals surface area contributed by atoms with Gasteiger partial charge in [0.1, 0.15) is 0 Å². The molecule has 1 fully saturated rings. The molecule has 1 rings (SSSR count). The summed E-state index contributed by atoms with van der Waals surface area (Å²) in [6.45, 7) is 5.38.